The van der Waals surface area contributed by atoms with Crippen molar-refractivity contribution in [3.63, 3.8) is 0 Å². The van der Waals surface area contributed by atoms with E-state index >= 15 is 0 Å². The van der Waals surface area contributed by atoms with Crippen molar-refractivity contribution in [1.82, 2.24) is 14.6 Å². The van der Waals surface area contributed by atoms with Gasteiger partial charge in [0, 0.05) is 23.6 Å². The first-order valence-corrected chi connectivity index (χ1v) is 13.6. The highest BCUT2D eigenvalue weighted by molar-refractivity contribution is 7.90. The van der Waals surface area contributed by atoms with Crippen LogP contribution in [0.4, 0.5) is 0 Å². The van der Waals surface area contributed by atoms with Crippen LogP contribution in [-0.2, 0) is 26.0 Å². The van der Waals surface area contributed by atoms with E-state index in [0.717, 1.165) is 22.3 Å². The first kappa shape index (κ1) is 25.9. The summed E-state index contributed by atoms with van der Waals surface area (Å²) in [5.41, 5.74) is 4.10. The maximum atomic E-state index is 11.9. The highest BCUT2D eigenvalue weighted by Gasteiger charge is 2.15. The van der Waals surface area contributed by atoms with Gasteiger partial charge in [0.15, 0.2) is 15.5 Å². The average Bonchev–Trinajstić information content (AvgIpc) is 3.36. The minimum Gasteiger partial charge on any atom is -0.489 e. The first-order chi connectivity index (χ1) is 17.8. The molecule has 0 saturated carbocycles. The lowest BCUT2D eigenvalue weighted by Gasteiger charge is -2.13. The highest BCUT2D eigenvalue weighted by Crippen LogP contribution is 2.26. The molecule has 0 aliphatic carbocycles. The van der Waals surface area contributed by atoms with E-state index < -0.39 is 9.84 Å². The standard InChI is InChI=1S/C28H27N3O5S/c1-4-6-22(16-27(32)35-5-2)20-7-11-25(12-8-20)36-18-24-15-23(17-31-28(24)29-19-30-31)21-9-13-26(14-10-21)37(3,33)34/h7-15,17,19,22H,5,16,18H2,1-3H3. The molecule has 190 valence electrons. The third kappa shape index (κ3) is 6.35. The fraction of sp³-hybridized carbons (Fsp3) is 0.250. The molecule has 1 unspecified atom stereocenters. The number of pyridine rings is 1. The lowest BCUT2D eigenvalue weighted by Crippen LogP contribution is -2.09. The number of ether oxygens (including phenoxy) is 2. The van der Waals surface area contributed by atoms with E-state index in [1.54, 1.807) is 42.6 Å². The Morgan fingerprint density at radius 2 is 1.81 bits per heavy atom. The van der Waals surface area contributed by atoms with Crippen molar-refractivity contribution in [2.75, 3.05) is 12.9 Å². The molecule has 2 heterocycles. The van der Waals surface area contributed by atoms with Gasteiger partial charge >= 0.3 is 5.97 Å². The Kier molecular flexibility index (Phi) is 7.89. The maximum Gasteiger partial charge on any atom is 0.307 e. The molecule has 2 aromatic carbocycles. The Labute approximate surface area is 216 Å². The van der Waals surface area contributed by atoms with Crippen LogP contribution in [-0.4, -0.2) is 41.8 Å². The number of hydrogen-bond acceptors (Lipinski definition) is 7. The number of fused-ring (bicyclic) bond motifs is 1. The Morgan fingerprint density at radius 3 is 2.46 bits per heavy atom. The average molecular weight is 518 g/mol. The predicted octanol–water partition coefficient (Wildman–Crippen LogP) is 4.44. The molecule has 4 aromatic rings. The second-order valence-corrected chi connectivity index (χ2v) is 10.4. The quantitative estimate of drug-likeness (QED) is 0.239. The van der Waals surface area contributed by atoms with Crippen molar-refractivity contribution in [3.8, 4) is 28.7 Å². The van der Waals surface area contributed by atoms with Gasteiger partial charge in [-0.1, -0.05) is 30.2 Å². The number of benzene rings is 2. The van der Waals surface area contributed by atoms with E-state index in [1.807, 2.05) is 36.5 Å². The summed E-state index contributed by atoms with van der Waals surface area (Å²) in [5.74, 6) is 6.08. The van der Waals surface area contributed by atoms with Crippen molar-refractivity contribution in [2.24, 2.45) is 0 Å². The number of carbonyl (C=O) groups excluding carboxylic acids is 1. The van der Waals surface area contributed by atoms with Crippen LogP contribution in [0.2, 0.25) is 0 Å². The van der Waals surface area contributed by atoms with Gasteiger partial charge in [-0.15, -0.1) is 5.92 Å². The summed E-state index contributed by atoms with van der Waals surface area (Å²) >= 11 is 0. The van der Waals surface area contributed by atoms with Gasteiger partial charge in [-0.2, -0.15) is 5.10 Å². The molecule has 9 heteroatoms. The smallest absolute Gasteiger partial charge is 0.307 e. The van der Waals surface area contributed by atoms with E-state index in [4.69, 9.17) is 9.47 Å². The summed E-state index contributed by atoms with van der Waals surface area (Å²) in [4.78, 5) is 16.6. The van der Waals surface area contributed by atoms with Gasteiger partial charge in [0.25, 0.3) is 0 Å². The van der Waals surface area contributed by atoms with Gasteiger partial charge in [-0.05, 0) is 55.3 Å². The number of sulfone groups is 1. The van der Waals surface area contributed by atoms with Crippen LogP contribution in [0.25, 0.3) is 16.8 Å². The van der Waals surface area contributed by atoms with Gasteiger partial charge in [0.1, 0.15) is 18.7 Å². The zero-order valence-corrected chi connectivity index (χ0v) is 21.7. The van der Waals surface area contributed by atoms with Crippen LogP contribution >= 0.6 is 0 Å². The van der Waals surface area contributed by atoms with E-state index in [2.05, 4.69) is 21.9 Å². The SMILES string of the molecule is CC#CC(CC(=O)OCC)c1ccc(OCc2cc(-c3ccc(S(C)(=O)=O)cc3)cn3ncnc23)cc1. The second kappa shape index (κ2) is 11.3. The fourth-order valence-electron chi connectivity index (χ4n) is 3.92. The van der Waals surface area contributed by atoms with Gasteiger partial charge in [-0.3, -0.25) is 4.79 Å². The topological polar surface area (TPSA) is 99.9 Å². The monoisotopic (exact) mass is 517 g/mol. The van der Waals surface area contributed by atoms with Gasteiger partial charge < -0.3 is 9.47 Å². The molecule has 8 nitrogen and oxygen atoms in total. The summed E-state index contributed by atoms with van der Waals surface area (Å²) < 4.78 is 36.4. The number of aromatic nitrogens is 3. The molecule has 0 aliphatic heterocycles. The van der Waals surface area contributed by atoms with Gasteiger partial charge in [-0.25, -0.2) is 17.9 Å². The molecule has 0 bridgehead atoms. The molecule has 0 fully saturated rings. The van der Waals surface area contributed by atoms with Crippen LogP contribution in [0, 0.1) is 11.8 Å². The lowest BCUT2D eigenvalue weighted by atomic mass is 9.96. The van der Waals surface area contributed by atoms with E-state index in [1.165, 1.54) is 12.6 Å². The normalized spacial score (nSPS) is 12.0. The molecule has 0 saturated heterocycles. The van der Waals surface area contributed by atoms with Crippen molar-refractivity contribution in [3.05, 3.63) is 78.2 Å². The maximum absolute atomic E-state index is 11.9. The first-order valence-electron chi connectivity index (χ1n) is 11.7. The molecule has 0 spiro atoms. The van der Waals surface area contributed by atoms with Gasteiger partial charge in [0.05, 0.1) is 23.8 Å². The van der Waals surface area contributed by atoms with Crippen LogP contribution < -0.4 is 4.74 Å². The predicted molar refractivity (Wildman–Crippen MR) is 140 cm³/mol. The minimum atomic E-state index is -3.27. The Morgan fingerprint density at radius 1 is 1.08 bits per heavy atom. The molecular formula is C28H27N3O5S. The molecule has 0 radical (unpaired) electrons. The summed E-state index contributed by atoms with van der Waals surface area (Å²) in [7, 11) is -3.27. The summed E-state index contributed by atoms with van der Waals surface area (Å²) in [5, 5.41) is 4.27. The van der Waals surface area contributed by atoms with Crippen LogP contribution in [0.3, 0.4) is 0 Å². The van der Waals surface area contributed by atoms with E-state index in [-0.39, 0.29) is 29.8 Å². The summed E-state index contributed by atoms with van der Waals surface area (Å²) in [6.45, 7) is 4.11. The third-order valence-corrected chi connectivity index (χ3v) is 6.87. The zero-order chi connectivity index (χ0) is 26.4. The van der Waals surface area contributed by atoms with Crippen LogP contribution in [0.1, 0.15) is 37.3 Å². The van der Waals surface area contributed by atoms with Gasteiger partial charge in [0.2, 0.25) is 0 Å². The number of rotatable bonds is 9. The number of esters is 1. The largest absolute Gasteiger partial charge is 0.489 e. The molecule has 4 rings (SSSR count). The third-order valence-electron chi connectivity index (χ3n) is 5.74. The van der Waals surface area contributed by atoms with Crippen LogP contribution in [0.5, 0.6) is 5.75 Å². The molecule has 0 N–H and O–H groups in total. The number of hydrogen-bond donors (Lipinski definition) is 0. The van der Waals surface area contributed by atoms with Crippen molar-refractivity contribution < 1.29 is 22.7 Å². The van der Waals surface area contributed by atoms with Crippen molar-refractivity contribution >= 4 is 21.5 Å². The van der Waals surface area contributed by atoms with Crippen molar-refractivity contribution in [1.29, 1.82) is 0 Å². The van der Waals surface area contributed by atoms with Crippen molar-refractivity contribution in [2.45, 2.75) is 37.7 Å². The number of nitrogens with zero attached hydrogens (tertiary/aromatic N) is 3. The summed E-state index contributed by atoms with van der Waals surface area (Å²) in [6.07, 6.45) is 4.69. The minimum absolute atomic E-state index is 0.192. The number of carbonyl (C=O) groups is 1. The second-order valence-electron chi connectivity index (χ2n) is 8.39. The van der Waals surface area contributed by atoms with E-state index in [9.17, 15) is 13.2 Å². The Bertz CT molecular complexity index is 1560. The molecular weight excluding hydrogens is 490 g/mol. The molecule has 0 aliphatic rings. The Balaban J connectivity index is 1.53. The molecule has 2 aromatic heterocycles. The summed E-state index contributed by atoms with van der Waals surface area (Å²) in [6, 6.07) is 16.2. The lowest BCUT2D eigenvalue weighted by molar-refractivity contribution is -0.143. The molecule has 37 heavy (non-hydrogen) atoms. The van der Waals surface area contributed by atoms with E-state index in [0.29, 0.717) is 18.0 Å². The highest BCUT2D eigenvalue weighted by atomic mass is 32.2. The Hall–Kier alpha value is -4.16. The zero-order valence-electron chi connectivity index (χ0n) is 20.8. The fourth-order valence-corrected chi connectivity index (χ4v) is 4.56. The molecule has 0 amide bonds. The molecule has 1 atom stereocenters. The van der Waals surface area contributed by atoms with Crippen LogP contribution in [0.15, 0.2) is 72.0 Å².